The molecule has 1 atom stereocenters. The average Bonchev–Trinajstić information content (AvgIpc) is 2.16. The van der Waals surface area contributed by atoms with Crippen LogP contribution in [0, 0.1) is 5.92 Å². The van der Waals surface area contributed by atoms with Gasteiger partial charge in [-0.1, -0.05) is 13.8 Å². The largest absolute Gasteiger partial charge is 0.314 e. The number of piperazine rings is 1. The highest BCUT2D eigenvalue weighted by atomic mass is 32.2. The third kappa shape index (κ3) is 4.78. The summed E-state index contributed by atoms with van der Waals surface area (Å²) in [5.74, 6) is 0.353. The zero-order valence-electron chi connectivity index (χ0n) is 10.4. The molecule has 5 nitrogen and oxygen atoms in total. The Bertz CT molecular complexity index is 297. The Labute approximate surface area is 98.6 Å². The SMILES string of the molecule is CC(C)CN(C[C@H]1CNCCN1)S(C)(=O)=O. The van der Waals surface area contributed by atoms with Crippen LogP contribution in [0.15, 0.2) is 0 Å². The van der Waals surface area contributed by atoms with Crippen LogP contribution in [0.5, 0.6) is 0 Å². The van der Waals surface area contributed by atoms with E-state index in [0.717, 1.165) is 19.6 Å². The molecule has 1 aliphatic heterocycles. The molecule has 1 fully saturated rings. The van der Waals surface area contributed by atoms with Gasteiger partial charge in [-0.05, 0) is 5.92 Å². The lowest BCUT2D eigenvalue weighted by Crippen LogP contribution is -2.54. The molecule has 1 rings (SSSR count). The van der Waals surface area contributed by atoms with E-state index in [0.29, 0.717) is 19.0 Å². The lowest BCUT2D eigenvalue weighted by atomic mass is 10.2. The maximum atomic E-state index is 11.6. The van der Waals surface area contributed by atoms with Crippen LogP contribution in [0.4, 0.5) is 0 Å². The summed E-state index contributed by atoms with van der Waals surface area (Å²) in [4.78, 5) is 0. The Morgan fingerprint density at radius 2 is 2.06 bits per heavy atom. The normalized spacial score (nSPS) is 22.9. The van der Waals surface area contributed by atoms with Crippen molar-refractivity contribution in [3.8, 4) is 0 Å². The van der Waals surface area contributed by atoms with Gasteiger partial charge in [-0.3, -0.25) is 0 Å². The predicted molar refractivity (Wildman–Crippen MR) is 65.9 cm³/mol. The molecule has 0 amide bonds. The van der Waals surface area contributed by atoms with Crippen LogP contribution in [0.25, 0.3) is 0 Å². The monoisotopic (exact) mass is 249 g/mol. The van der Waals surface area contributed by atoms with Crippen LogP contribution in [0.2, 0.25) is 0 Å². The molecule has 0 unspecified atom stereocenters. The molecule has 0 bridgehead atoms. The lowest BCUT2D eigenvalue weighted by molar-refractivity contribution is 0.304. The van der Waals surface area contributed by atoms with E-state index in [1.165, 1.54) is 6.26 Å². The summed E-state index contributed by atoms with van der Waals surface area (Å²) in [6.07, 6.45) is 1.28. The van der Waals surface area contributed by atoms with Gasteiger partial charge in [0.1, 0.15) is 0 Å². The van der Waals surface area contributed by atoms with Gasteiger partial charge in [0.2, 0.25) is 10.0 Å². The van der Waals surface area contributed by atoms with Gasteiger partial charge in [-0.15, -0.1) is 0 Å². The third-order valence-corrected chi connectivity index (χ3v) is 3.82. The molecule has 0 saturated carbocycles. The van der Waals surface area contributed by atoms with Crippen LogP contribution < -0.4 is 10.6 Å². The molecular formula is C10H23N3O2S. The molecule has 0 aromatic rings. The van der Waals surface area contributed by atoms with Crippen LogP contribution in [0.3, 0.4) is 0 Å². The standard InChI is InChI=1S/C10H23N3O2S/c1-9(2)7-13(16(3,14)15)8-10-6-11-4-5-12-10/h9-12H,4-8H2,1-3H3/t10-/m1/s1. The molecule has 16 heavy (non-hydrogen) atoms. The number of hydrogen-bond donors (Lipinski definition) is 2. The van der Waals surface area contributed by atoms with E-state index < -0.39 is 10.0 Å². The molecular weight excluding hydrogens is 226 g/mol. The summed E-state index contributed by atoms with van der Waals surface area (Å²) in [6, 6.07) is 0.224. The summed E-state index contributed by atoms with van der Waals surface area (Å²) < 4.78 is 24.8. The Kier molecular flexibility index (Phi) is 5.17. The van der Waals surface area contributed by atoms with Gasteiger partial charge in [-0.2, -0.15) is 0 Å². The molecule has 96 valence electrons. The first-order chi connectivity index (χ1) is 7.39. The van der Waals surface area contributed by atoms with Crippen molar-refractivity contribution in [1.82, 2.24) is 14.9 Å². The summed E-state index contributed by atoms with van der Waals surface area (Å²) in [5, 5.41) is 6.59. The van der Waals surface area contributed by atoms with Crippen molar-refractivity contribution in [3.63, 3.8) is 0 Å². The topological polar surface area (TPSA) is 61.4 Å². The molecule has 0 radical (unpaired) electrons. The van der Waals surface area contributed by atoms with Crippen molar-refractivity contribution in [2.24, 2.45) is 5.92 Å². The van der Waals surface area contributed by atoms with Gasteiger partial charge < -0.3 is 10.6 Å². The summed E-state index contributed by atoms with van der Waals surface area (Å²) in [6.45, 7) is 7.92. The number of hydrogen-bond acceptors (Lipinski definition) is 4. The molecule has 1 aliphatic rings. The van der Waals surface area contributed by atoms with Gasteiger partial charge in [0, 0.05) is 38.8 Å². The first kappa shape index (κ1) is 13.9. The second kappa shape index (κ2) is 5.95. The van der Waals surface area contributed by atoms with Crippen LogP contribution in [-0.4, -0.2) is 57.7 Å². The number of sulfonamides is 1. The number of rotatable bonds is 5. The predicted octanol–water partition coefficient (Wildman–Crippen LogP) is -0.535. The van der Waals surface area contributed by atoms with E-state index in [4.69, 9.17) is 0 Å². The van der Waals surface area contributed by atoms with E-state index in [-0.39, 0.29) is 6.04 Å². The number of nitrogens with one attached hydrogen (secondary N) is 2. The molecule has 0 aromatic carbocycles. The van der Waals surface area contributed by atoms with Crippen LogP contribution >= 0.6 is 0 Å². The van der Waals surface area contributed by atoms with E-state index in [1.807, 2.05) is 13.8 Å². The van der Waals surface area contributed by atoms with Crippen molar-refractivity contribution < 1.29 is 8.42 Å². The molecule has 0 aromatic heterocycles. The minimum atomic E-state index is -3.09. The molecule has 0 spiro atoms. The summed E-state index contributed by atoms with van der Waals surface area (Å²) in [7, 11) is -3.09. The van der Waals surface area contributed by atoms with Crippen molar-refractivity contribution in [2.75, 3.05) is 39.0 Å². The molecule has 0 aliphatic carbocycles. The maximum Gasteiger partial charge on any atom is 0.211 e. The Morgan fingerprint density at radius 1 is 1.38 bits per heavy atom. The third-order valence-electron chi connectivity index (χ3n) is 2.59. The van der Waals surface area contributed by atoms with E-state index in [9.17, 15) is 8.42 Å². The Balaban J connectivity index is 2.55. The fourth-order valence-electron chi connectivity index (χ4n) is 1.84. The van der Waals surface area contributed by atoms with Gasteiger partial charge in [0.25, 0.3) is 0 Å². The van der Waals surface area contributed by atoms with Gasteiger partial charge in [0.05, 0.1) is 6.26 Å². The second-order valence-electron chi connectivity index (χ2n) is 4.83. The van der Waals surface area contributed by atoms with Gasteiger partial charge in [-0.25, -0.2) is 12.7 Å². The fourth-order valence-corrected chi connectivity index (χ4v) is 2.86. The Hall–Kier alpha value is -0.170. The maximum absolute atomic E-state index is 11.6. The van der Waals surface area contributed by atoms with Crippen molar-refractivity contribution in [1.29, 1.82) is 0 Å². The smallest absolute Gasteiger partial charge is 0.211 e. The molecule has 1 saturated heterocycles. The van der Waals surface area contributed by atoms with E-state index >= 15 is 0 Å². The highest BCUT2D eigenvalue weighted by Crippen LogP contribution is 2.06. The second-order valence-corrected chi connectivity index (χ2v) is 6.81. The van der Waals surface area contributed by atoms with Crippen molar-refractivity contribution >= 4 is 10.0 Å². The van der Waals surface area contributed by atoms with Gasteiger partial charge >= 0.3 is 0 Å². The molecule has 6 heteroatoms. The van der Waals surface area contributed by atoms with E-state index in [2.05, 4.69) is 10.6 Å². The quantitative estimate of drug-likeness (QED) is 0.687. The summed E-state index contributed by atoms with van der Waals surface area (Å²) in [5.41, 5.74) is 0. The molecule has 2 N–H and O–H groups in total. The molecule has 1 heterocycles. The zero-order valence-corrected chi connectivity index (χ0v) is 11.2. The highest BCUT2D eigenvalue weighted by Gasteiger charge is 2.23. The van der Waals surface area contributed by atoms with Crippen molar-refractivity contribution in [2.45, 2.75) is 19.9 Å². The van der Waals surface area contributed by atoms with Crippen LogP contribution in [-0.2, 0) is 10.0 Å². The van der Waals surface area contributed by atoms with E-state index in [1.54, 1.807) is 4.31 Å². The first-order valence-corrected chi connectivity index (χ1v) is 7.63. The Morgan fingerprint density at radius 3 is 2.50 bits per heavy atom. The number of nitrogens with zero attached hydrogens (tertiary/aromatic N) is 1. The first-order valence-electron chi connectivity index (χ1n) is 5.79. The fraction of sp³-hybridized carbons (Fsp3) is 1.00. The van der Waals surface area contributed by atoms with Crippen LogP contribution in [0.1, 0.15) is 13.8 Å². The lowest BCUT2D eigenvalue weighted by Gasteiger charge is -2.30. The minimum Gasteiger partial charge on any atom is -0.314 e. The highest BCUT2D eigenvalue weighted by molar-refractivity contribution is 7.88. The van der Waals surface area contributed by atoms with Gasteiger partial charge in [0.15, 0.2) is 0 Å². The average molecular weight is 249 g/mol. The zero-order chi connectivity index (χ0) is 12.2. The van der Waals surface area contributed by atoms with Crippen molar-refractivity contribution in [3.05, 3.63) is 0 Å². The minimum absolute atomic E-state index is 0.224. The summed E-state index contributed by atoms with van der Waals surface area (Å²) >= 11 is 0.